The Morgan fingerprint density at radius 2 is 1.76 bits per heavy atom. The number of sulfonamides is 1. The number of rotatable bonds is 9. The first-order chi connectivity index (χ1) is 13.7. The van der Waals surface area contributed by atoms with Gasteiger partial charge in [0.2, 0.25) is 15.9 Å². The lowest BCUT2D eigenvalue weighted by molar-refractivity contribution is -0.115. The molecule has 0 unspecified atom stereocenters. The van der Waals surface area contributed by atoms with Crippen molar-refractivity contribution in [1.82, 2.24) is 9.62 Å². The number of nitrogens with one attached hydrogen (secondary N) is 2. The van der Waals surface area contributed by atoms with Gasteiger partial charge in [-0.15, -0.1) is 0 Å². The standard InChI is InChI=1S/C21H29N3O4S/c1-15(2)21(16-9-7-6-8-10-16)22-14-20(25)23-18-13-17(11-12-19(18)28-5)29(26,27)24(3)4/h6-13,15,21-22H,14H2,1-5H3,(H,23,25)/t21-/m1/s1. The summed E-state index contributed by atoms with van der Waals surface area (Å²) in [5.74, 6) is 0.386. The predicted molar refractivity (Wildman–Crippen MR) is 115 cm³/mol. The highest BCUT2D eigenvalue weighted by molar-refractivity contribution is 7.89. The predicted octanol–water partition coefficient (Wildman–Crippen LogP) is 2.87. The maximum Gasteiger partial charge on any atom is 0.242 e. The molecular formula is C21H29N3O4S. The zero-order chi connectivity index (χ0) is 21.6. The van der Waals surface area contributed by atoms with E-state index in [-0.39, 0.29) is 29.3 Å². The van der Waals surface area contributed by atoms with Gasteiger partial charge in [0.25, 0.3) is 0 Å². The van der Waals surface area contributed by atoms with Crippen LogP contribution in [0.1, 0.15) is 25.5 Å². The second-order valence-electron chi connectivity index (χ2n) is 7.21. The number of hydrogen-bond donors (Lipinski definition) is 2. The Bertz CT molecular complexity index is 928. The minimum Gasteiger partial charge on any atom is -0.495 e. The molecule has 2 aromatic rings. The number of ether oxygens (including phenoxy) is 1. The van der Waals surface area contributed by atoms with Crippen molar-refractivity contribution in [1.29, 1.82) is 0 Å². The fraction of sp³-hybridized carbons (Fsp3) is 0.381. The van der Waals surface area contributed by atoms with Gasteiger partial charge in [-0.05, 0) is 29.7 Å². The van der Waals surface area contributed by atoms with Crippen LogP contribution < -0.4 is 15.4 Å². The summed E-state index contributed by atoms with van der Waals surface area (Å²) in [7, 11) is 0.755. The average Bonchev–Trinajstić information content (AvgIpc) is 2.68. The third kappa shape index (κ3) is 5.79. The summed E-state index contributed by atoms with van der Waals surface area (Å²) in [5.41, 5.74) is 1.41. The number of nitrogens with zero attached hydrogens (tertiary/aromatic N) is 1. The zero-order valence-corrected chi connectivity index (χ0v) is 18.3. The molecule has 2 rings (SSSR count). The molecule has 0 heterocycles. The van der Waals surface area contributed by atoms with Gasteiger partial charge >= 0.3 is 0 Å². The minimum atomic E-state index is -3.62. The van der Waals surface area contributed by atoms with E-state index in [1.54, 1.807) is 0 Å². The molecule has 0 fully saturated rings. The maximum absolute atomic E-state index is 12.5. The molecule has 0 aliphatic carbocycles. The van der Waals surface area contributed by atoms with E-state index in [1.165, 1.54) is 39.4 Å². The molecule has 8 heteroatoms. The van der Waals surface area contributed by atoms with Gasteiger partial charge < -0.3 is 15.4 Å². The first-order valence-corrected chi connectivity index (χ1v) is 10.8. The lowest BCUT2D eigenvalue weighted by atomic mass is 9.96. The molecular weight excluding hydrogens is 390 g/mol. The van der Waals surface area contributed by atoms with Crippen LogP contribution in [0.3, 0.4) is 0 Å². The second kappa shape index (κ2) is 9.87. The van der Waals surface area contributed by atoms with Crippen LogP contribution in [-0.2, 0) is 14.8 Å². The van der Waals surface area contributed by atoms with Crippen molar-refractivity contribution in [3.63, 3.8) is 0 Å². The van der Waals surface area contributed by atoms with Crippen molar-refractivity contribution in [3.05, 3.63) is 54.1 Å². The van der Waals surface area contributed by atoms with Crippen LogP contribution in [0.5, 0.6) is 5.75 Å². The number of amides is 1. The van der Waals surface area contributed by atoms with E-state index in [2.05, 4.69) is 24.5 Å². The number of methoxy groups -OCH3 is 1. The molecule has 29 heavy (non-hydrogen) atoms. The molecule has 0 aromatic heterocycles. The van der Waals surface area contributed by atoms with Crippen LogP contribution in [0, 0.1) is 5.92 Å². The molecule has 0 saturated carbocycles. The lowest BCUT2D eigenvalue weighted by Gasteiger charge is -2.23. The first-order valence-electron chi connectivity index (χ1n) is 9.35. The topological polar surface area (TPSA) is 87.7 Å². The van der Waals surface area contributed by atoms with Crippen molar-refractivity contribution in [2.75, 3.05) is 33.1 Å². The summed E-state index contributed by atoms with van der Waals surface area (Å²) in [6, 6.07) is 14.3. The van der Waals surface area contributed by atoms with Gasteiger partial charge in [-0.1, -0.05) is 44.2 Å². The van der Waals surface area contributed by atoms with E-state index in [0.717, 1.165) is 9.87 Å². The lowest BCUT2D eigenvalue weighted by Crippen LogP contribution is -2.33. The van der Waals surface area contributed by atoms with E-state index in [4.69, 9.17) is 4.74 Å². The molecule has 0 radical (unpaired) electrons. The van der Waals surface area contributed by atoms with Gasteiger partial charge in [-0.25, -0.2) is 12.7 Å². The summed E-state index contributed by atoms with van der Waals surface area (Å²) in [4.78, 5) is 12.6. The van der Waals surface area contributed by atoms with Crippen LogP contribution in [0.4, 0.5) is 5.69 Å². The monoisotopic (exact) mass is 419 g/mol. The average molecular weight is 420 g/mol. The van der Waals surface area contributed by atoms with Crippen molar-refractivity contribution >= 4 is 21.6 Å². The minimum absolute atomic E-state index is 0.0179. The second-order valence-corrected chi connectivity index (χ2v) is 9.36. The van der Waals surface area contributed by atoms with E-state index in [9.17, 15) is 13.2 Å². The van der Waals surface area contributed by atoms with Gasteiger partial charge in [0.15, 0.2) is 0 Å². The number of hydrogen-bond acceptors (Lipinski definition) is 5. The maximum atomic E-state index is 12.5. The van der Waals surface area contributed by atoms with Gasteiger partial charge in [0.05, 0.1) is 24.2 Å². The van der Waals surface area contributed by atoms with Gasteiger partial charge in [0, 0.05) is 20.1 Å². The van der Waals surface area contributed by atoms with Crippen molar-refractivity contribution in [3.8, 4) is 5.75 Å². The molecule has 0 aliphatic heterocycles. The fourth-order valence-corrected chi connectivity index (χ4v) is 3.88. The summed E-state index contributed by atoms with van der Waals surface area (Å²) in [5, 5.41) is 6.03. The quantitative estimate of drug-likeness (QED) is 0.653. The smallest absolute Gasteiger partial charge is 0.242 e. The Hall–Kier alpha value is -2.42. The fourth-order valence-electron chi connectivity index (χ4n) is 2.95. The van der Waals surface area contributed by atoms with E-state index in [0.29, 0.717) is 11.4 Å². The van der Waals surface area contributed by atoms with Crippen molar-refractivity contribution < 1.29 is 17.9 Å². The van der Waals surface area contributed by atoms with Crippen LogP contribution in [0.25, 0.3) is 0 Å². The van der Waals surface area contributed by atoms with E-state index in [1.807, 2.05) is 30.3 Å². The SMILES string of the molecule is COc1ccc(S(=O)(=O)N(C)C)cc1NC(=O)CN[C@@H](c1ccccc1)C(C)C. The van der Waals surface area contributed by atoms with E-state index >= 15 is 0 Å². The van der Waals surface area contributed by atoms with E-state index < -0.39 is 10.0 Å². The van der Waals surface area contributed by atoms with Gasteiger partial charge in [0.1, 0.15) is 5.75 Å². The highest BCUT2D eigenvalue weighted by atomic mass is 32.2. The summed E-state index contributed by atoms with van der Waals surface area (Å²) in [6.07, 6.45) is 0. The molecule has 7 nitrogen and oxygen atoms in total. The molecule has 0 spiro atoms. The number of carbonyl (C=O) groups is 1. The van der Waals surface area contributed by atoms with Crippen LogP contribution in [0.2, 0.25) is 0 Å². The van der Waals surface area contributed by atoms with Crippen LogP contribution in [-0.4, -0.2) is 46.4 Å². The Labute approximate surface area is 173 Å². The third-order valence-electron chi connectivity index (χ3n) is 4.53. The molecule has 158 valence electrons. The number of anilines is 1. The summed E-state index contributed by atoms with van der Waals surface area (Å²) < 4.78 is 31.1. The Morgan fingerprint density at radius 1 is 1.10 bits per heavy atom. The largest absolute Gasteiger partial charge is 0.495 e. The Kier molecular flexibility index (Phi) is 7.78. The highest BCUT2D eigenvalue weighted by Crippen LogP contribution is 2.28. The van der Waals surface area contributed by atoms with Gasteiger partial charge in [-0.2, -0.15) is 0 Å². The van der Waals surface area contributed by atoms with Crippen LogP contribution in [0.15, 0.2) is 53.4 Å². The van der Waals surface area contributed by atoms with Crippen LogP contribution >= 0.6 is 0 Å². The summed E-state index contributed by atoms with van der Waals surface area (Å²) >= 11 is 0. The highest BCUT2D eigenvalue weighted by Gasteiger charge is 2.21. The number of carbonyl (C=O) groups excluding carboxylic acids is 1. The Morgan fingerprint density at radius 3 is 2.31 bits per heavy atom. The number of benzene rings is 2. The molecule has 1 atom stereocenters. The zero-order valence-electron chi connectivity index (χ0n) is 17.5. The van der Waals surface area contributed by atoms with Crippen molar-refractivity contribution in [2.24, 2.45) is 5.92 Å². The third-order valence-corrected chi connectivity index (χ3v) is 6.34. The molecule has 0 saturated heterocycles. The summed E-state index contributed by atoms with van der Waals surface area (Å²) in [6.45, 7) is 4.24. The first kappa shape index (κ1) is 22.9. The molecule has 0 bridgehead atoms. The molecule has 1 amide bonds. The Balaban J connectivity index is 2.15. The molecule has 2 aromatic carbocycles. The molecule has 0 aliphatic rings. The molecule has 2 N–H and O–H groups in total. The normalized spacial score (nSPS) is 12.8. The van der Waals surface area contributed by atoms with Crippen molar-refractivity contribution in [2.45, 2.75) is 24.8 Å². The van der Waals surface area contributed by atoms with Gasteiger partial charge in [-0.3, -0.25) is 4.79 Å².